The molecule has 1 aromatic carbocycles. The summed E-state index contributed by atoms with van der Waals surface area (Å²) in [5.74, 6) is -0.0248. The van der Waals surface area contributed by atoms with Gasteiger partial charge in [0.1, 0.15) is 5.82 Å². The van der Waals surface area contributed by atoms with E-state index in [1.165, 1.54) is 18.0 Å². The van der Waals surface area contributed by atoms with Crippen molar-refractivity contribution in [2.24, 2.45) is 0 Å². The first kappa shape index (κ1) is 14.0. The quantitative estimate of drug-likeness (QED) is 0.874. The number of nitrogens with one attached hydrogen (secondary N) is 1. The summed E-state index contributed by atoms with van der Waals surface area (Å²) >= 11 is 0. The van der Waals surface area contributed by atoms with Crippen LogP contribution in [0.3, 0.4) is 0 Å². The van der Waals surface area contributed by atoms with Crippen molar-refractivity contribution >= 4 is 11.8 Å². The molecule has 20 heavy (non-hydrogen) atoms. The number of hydrogen-bond donors (Lipinski definition) is 2. The van der Waals surface area contributed by atoms with Gasteiger partial charge in [0.25, 0.3) is 0 Å². The average molecular weight is 271 g/mol. The Bertz CT molecular complexity index is 594. The van der Waals surface area contributed by atoms with E-state index in [0.717, 1.165) is 5.56 Å². The lowest BCUT2D eigenvalue weighted by molar-refractivity contribution is 0.0690. The van der Waals surface area contributed by atoms with E-state index >= 15 is 0 Å². The van der Waals surface area contributed by atoms with E-state index < -0.39 is 5.97 Å². The van der Waals surface area contributed by atoms with Crippen molar-refractivity contribution in [3.8, 4) is 0 Å². The van der Waals surface area contributed by atoms with Crippen LogP contribution in [0.2, 0.25) is 0 Å². The second-order valence-corrected chi connectivity index (χ2v) is 4.85. The Morgan fingerprint density at radius 1 is 1.30 bits per heavy atom. The van der Waals surface area contributed by atoms with E-state index in [1.54, 1.807) is 0 Å². The summed E-state index contributed by atoms with van der Waals surface area (Å²) in [4.78, 5) is 18.5. The van der Waals surface area contributed by atoms with Crippen molar-refractivity contribution in [3.05, 3.63) is 53.5 Å². The highest BCUT2D eigenvalue weighted by Gasteiger charge is 2.05. The summed E-state index contributed by atoms with van der Waals surface area (Å²) < 4.78 is 0. The van der Waals surface area contributed by atoms with E-state index in [0.29, 0.717) is 18.3 Å². The third-order valence-electron chi connectivity index (χ3n) is 2.96. The highest BCUT2D eigenvalue weighted by atomic mass is 16.4. The molecule has 0 bridgehead atoms. The monoisotopic (exact) mass is 271 g/mol. The fraction of sp³-hybridized carbons (Fsp3) is 0.267. The molecule has 0 radical (unpaired) electrons. The zero-order valence-electron chi connectivity index (χ0n) is 11.5. The summed E-state index contributed by atoms with van der Waals surface area (Å²) in [5.41, 5.74) is 2.38. The molecule has 5 heteroatoms. The van der Waals surface area contributed by atoms with Gasteiger partial charge in [-0.3, -0.25) is 0 Å². The number of carboxylic acid groups (broad SMARTS) is 1. The van der Waals surface area contributed by atoms with Gasteiger partial charge in [0, 0.05) is 6.54 Å². The maximum absolute atomic E-state index is 10.7. The van der Waals surface area contributed by atoms with Crippen LogP contribution < -0.4 is 5.32 Å². The summed E-state index contributed by atoms with van der Waals surface area (Å²) in [6, 6.07) is 8.33. The first-order valence-corrected chi connectivity index (χ1v) is 6.44. The van der Waals surface area contributed by atoms with Crippen LogP contribution >= 0.6 is 0 Å². The van der Waals surface area contributed by atoms with Gasteiger partial charge in [0.15, 0.2) is 5.69 Å². The lowest BCUT2D eigenvalue weighted by Crippen LogP contribution is -2.05. The Morgan fingerprint density at radius 3 is 2.70 bits per heavy atom. The Hall–Kier alpha value is -2.43. The molecule has 0 unspecified atom stereocenters. The van der Waals surface area contributed by atoms with Crippen LogP contribution in [0.25, 0.3) is 0 Å². The number of rotatable bonds is 5. The fourth-order valence-electron chi connectivity index (χ4n) is 1.78. The molecule has 2 N–H and O–H groups in total. The van der Waals surface area contributed by atoms with Crippen molar-refractivity contribution < 1.29 is 9.90 Å². The van der Waals surface area contributed by atoms with Gasteiger partial charge in [0.2, 0.25) is 0 Å². The predicted octanol–water partition coefficient (Wildman–Crippen LogP) is 2.91. The summed E-state index contributed by atoms with van der Waals surface area (Å²) in [7, 11) is 0. The van der Waals surface area contributed by atoms with E-state index in [1.807, 2.05) is 12.1 Å². The smallest absolute Gasteiger partial charge is 0.356 e. The highest BCUT2D eigenvalue weighted by molar-refractivity contribution is 5.84. The molecule has 0 aliphatic rings. The molecular weight excluding hydrogens is 254 g/mol. The number of nitrogens with zero attached hydrogens (tertiary/aromatic N) is 2. The maximum Gasteiger partial charge on any atom is 0.356 e. The molecule has 5 nitrogen and oxygen atoms in total. The normalized spacial score (nSPS) is 10.6. The Kier molecular flexibility index (Phi) is 4.30. The summed E-state index contributed by atoms with van der Waals surface area (Å²) in [5, 5.41) is 11.9. The van der Waals surface area contributed by atoms with Crippen molar-refractivity contribution in [3.63, 3.8) is 0 Å². The van der Waals surface area contributed by atoms with Crippen molar-refractivity contribution in [2.45, 2.75) is 26.3 Å². The molecule has 0 saturated heterocycles. The minimum atomic E-state index is -1.08. The molecule has 0 aliphatic carbocycles. The van der Waals surface area contributed by atoms with Gasteiger partial charge in [-0.2, -0.15) is 0 Å². The lowest BCUT2D eigenvalue weighted by atomic mass is 10.0. The van der Waals surface area contributed by atoms with E-state index in [9.17, 15) is 4.79 Å². The van der Waals surface area contributed by atoms with Gasteiger partial charge in [-0.25, -0.2) is 14.8 Å². The molecule has 104 valence electrons. The van der Waals surface area contributed by atoms with Crippen molar-refractivity contribution in [1.82, 2.24) is 9.97 Å². The molecule has 0 atom stereocenters. The van der Waals surface area contributed by atoms with Crippen molar-refractivity contribution in [1.29, 1.82) is 0 Å². The van der Waals surface area contributed by atoms with Crippen LogP contribution in [0.4, 0.5) is 5.82 Å². The number of carboxylic acids is 1. The first-order valence-electron chi connectivity index (χ1n) is 6.44. The third kappa shape index (κ3) is 3.54. The zero-order valence-corrected chi connectivity index (χ0v) is 11.5. The van der Waals surface area contributed by atoms with Gasteiger partial charge >= 0.3 is 5.97 Å². The minimum absolute atomic E-state index is 0.0580. The lowest BCUT2D eigenvalue weighted by Gasteiger charge is -2.09. The van der Waals surface area contributed by atoms with Gasteiger partial charge in [-0.1, -0.05) is 38.1 Å². The molecular formula is C15H17N3O2. The topological polar surface area (TPSA) is 75.1 Å². The van der Waals surface area contributed by atoms with Crippen LogP contribution in [0.5, 0.6) is 0 Å². The number of anilines is 1. The van der Waals surface area contributed by atoms with Gasteiger partial charge in [-0.05, 0) is 17.0 Å². The summed E-state index contributed by atoms with van der Waals surface area (Å²) in [6.45, 7) is 4.94. The molecule has 2 aromatic rings. The third-order valence-corrected chi connectivity index (χ3v) is 2.96. The number of benzene rings is 1. The number of aromatic nitrogens is 2. The minimum Gasteiger partial charge on any atom is -0.476 e. The average Bonchev–Trinajstić information content (AvgIpc) is 2.46. The second kappa shape index (κ2) is 6.14. The molecule has 0 fully saturated rings. The van der Waals surface area contributed by atoms with E-state index in [4.69, 9.17) is 5.11 Å². The van der Waals surface area contributed by atoms with Crippen LogP contribution in [-0.2, 0) is 6.54 Å². The van der Waals surface area contributed by atoms with Gasteiger partial charge in [0.05, 0.1) is 12.4 Å². The van der Waals surface area contributed by atoms with Crippen LogP contribution in [0.1, 0.15) is 41.4 Å². The zero-order chi connectivity index (χ0) is 14.5. The highest BCUT2D eigenvalue weighted by Crippen LogP contribution is 2.16. The number of hydrogen-bond acceptors (Lipinski definition) is 4. The molecule has 0 aliphatic heterocycles. The maximum atomic E-state index is 10.7. The molecule has 1 aromatic heterocycles. The fourth-order valence-corrected chi connectivity index (χ4v) is 1.78. The largest absolute Gasteiger partial charge is 0.476 e. The van der Waals surface area contributed by atoms with Crippen LogP contribution in [-0.4, -0.2) is 21.0 Å². The Labute approximate surface area is 117 Å². The van der Waals surface area contributed by atoms with Crippen LogP contribution in [0.15, 0.2) is 36.7 Å². The molecule has 0 amide bonds. The van der Waals surface area contributed by atoms with Gasteiger partial charge < -0.3 is 10.4 Å². The van der Waals surface area contributed by atoms with Gasteiger partial charge in [-0.15, -0.1) is 0 Å². The SMILES string of the molecule is CC(C)c1cccc(CNc2cnc(C(=O)O)cn2)c1. The number of carbonyl (C=O) groups is 1. The number of aromatic carboxylic acids is 1. The predicted molar refractivity (Wildman–Crippen MR) is 76.8 cm³/mol. The molecule has 0 saturated carbocycles. The molecule has 1 heterocycles. The Balaban J connectivity index is 2.01. The summed E-state index contributed by atoms with van der Waals surface area (Å²) in [6.07, 6.45) is 2.67. The van der Waals surface area contributed by atoms with Crippen molar-refractivity contribution in [2.75, 3.05) is 5.32 Å². The Morgan fingerprint density at radius 2 is 2.10 bits per heavy atom. The van der Waals surface area contributed by atoms with E-state index in [2.05, 4.69) is 41.3 Å². The molecule has 0 spiro atoms. The molecule has 2 rings (SSSR count). The standard InChI is InChI=1S/C15H17N3O2/c1-10(2)12-5-3-4-11(6-12)7-17-14-9-16-13(8-18-14)15(19)20/h3-6,8-10H,7H2,1-2H3,(H,17,18)(H,19,20). The first-order chi connectivity index (χ1) is 9.56. The van der Waals surface area contributed by atoms with Crippen LogP contribution in [0, 0.1) is 0 Å². The second-order valence-electron chi connectivity index (χ2n) is 4.85. The van der Waals surface area contributed by atoms with E-state index in [-0.39, 0.29) is 5.69 Å².